The van der Waals surface area contributed by atoms with Crippen LogP contribution < -0.4 is 16.4 Å². The molecule has 0 aliphatic rings. The van der Waals surface area contributed by atoms with Gasteiger partial charge in [-0.1, -0.05) is 42.5 Å². The van der Waals surface area contributed by atoms with Crippen LogP contribution in [0, 0.1) is 6.92 Å². The first-order valence-corrected chi connectivity index (χ1v) is 10.7. The summed E-state index contributed by atoms with van der Waals surface area (Å²) < 4.78 is 0.662. The highest BCUT2D eigenvalue weighted by Gasteiger charge is 2.21. The number of hydrogen-bond acceptors (Lipinski definition) is 4. The number of thiocarbonyl (C=S) groups is 1. The molecule has 0 saturated carbocycles. The summed E-state index contributed by atoms with van der Waals surface area (Å²) in [6, 6.07) is 17.0. The van der Waals surface area contributed by atoms with Gasteiger partial charge < -0.3 is 11.1 Å². The molecule has 0 radical (unpaired) electrons. The molecule has 2 amide bonds. The summed E-state index contributed by atoms with van der Waals surface area (Å²) >= 11 is 10.0. The average molecular weight is 488 g/mol. The zero-order valence-electron chi connectivity index (χ0n) is 15.5. The molecule has 29 heavy (non-hydrogen) atoms. The van der Waals surface area contributed by atoms with Crippen molar-refractivity contribution in [1.82, 2.24) is 5.32 Å². The second kappa shape index (κ2) is 9.30. The molecular weight excluding hydrogens is 470 g/mol. The van der Waals surface area contributed by atoms with Crippen LogP contribution in [0.5, 0.6) is 0 Å². The maximum Gasteiger partial charge on any atom is 0.258 e. The van der Waals surface area contributed by atoms with E-state index in [9.17, 15) is 9.59 Å². The summed E-state index contributed by atoms with van der Waals surface area (Å²) in [5.41, 5.74) is 8.39. The van der Waals surface area contributed by atoms with Crippen LogP contribution in [0.15, 0.2) is 59.1 Å². The monoisotopic (exact) mass is 487 g/mol. The van der Waals surface area contributed by atoms with Gasteiger partial charge in [-0.25, -0.2) is 0 Å². The predicted molar refractivity (Wildman–Crippen MR) is 125 cm³/mol. The molecule has 4 N–H and O–H groups in total. The van der Waals surface area contributed by atoms with E-state index in [0.29, 0.717) is 27.0 Å². The molecule has 0 aliphatic carbocycles. The molecule has 5 nitrogen and oxygen atoms in total. The Morgan fingerprint density at radius 2 is 1.76 bits per heavy atom. The Morgan fingerprint density at radius 3 is 2.41 bits per heavy atom. The Labute approximate surface area is 186 Å². The van der Waals surface area contributed by atoms with Crippen LogP contribution in [0.25, 0.3) is 0 Å². The number of nitrogens with two attached hydrogens (primary N) is 1. The lowest BCUT2D eigenvalue weighted by Gasteiger charge is -2.10. The van der Waals surface area contributed by atoms with Gasteiger partial charge in [0.2, 0.25) is 0 Å². The first-order valence-electron chi connectivity index (χ1n) is 8.69. The lowest BCUT2D eigenvalue weighted by molar-refractivity contribution is 0.0975. The Morgan fingerprint density at radius 1 is 1.10 bits per heavy atom. The summed E-state index contributed by atoms with van der Waals surface area (Å²) in [5.74, 6) is -0.895. The Kier molecular flexibility index (Phi) is 6.79. The molecular formula is C21H18BrN3O2S2. The van der Waals surface area contributed by atoms with E-state index in [4.69, 9.17) is 18.0 Å². The van der Waals surface area contributed by atoms with Crippen LogP contribution in [0.4, 0.5) is 5.00 Å². The van der Waals surface area contributed by atoms with Gasteiger partial charge in [-0.2, -0.15) is 0 Å². The summed E-state index contributed by atoms with van der Waals surface area (Å²) in [7, 11) is 0. The molecule has 0 bridgehead atoms. The van der Waals surface area contributed by atoms with Gasteiger partial charge in [0.15, 0.2) is 5.11 Å². The number of carbonyl (C=O) groups is 2. The van der Waals surface area contributed by atoms with Gasteiger partial charge in [-0.15, -0.1) is 11.3 Å². The van der Waals surface area contributed by atoms with Crippen LogP contribution in [0.3, 0.4) is 0 Å². The molecule has 8 heteroatoms. The van der Waals surface area contributed by atoms with E-state index in [1.807, 2.05) is 43.3 Å². The summed E-state index contributed by atoms with van der Waals surface area (Å²) in [5, 5.41) is 6.22. The van der Waals surface area contributed by atoms with Gasteiger partial charge in [0.05, 0.1) is 11.1 Å². The highest BCUT2D eigenvalue weighted by atomic mass is 79.9. The van der Waals surface area contributed by atoms with E-state index < -0.39 is 5.91 Å². The predicted octanol–water partition coefficient (Wildman–Crippen LogP) is 4.64. The zero-order chi connectivity index (χ0) is 21.0. The molecule has 148 valence electrons. The number of rotatable bonds is 5. The Hall–Kier alpha value is -2.55. The van der Waals surface area contributed by atoms with Crippen molar-refractivity contribution in [3.05, 3.63) is 86.2 Å². The first-order chi connectivity index (χ1) is 13.9. The summed E-state index contributed by atoms with van der Waals surface area (Å²) in [6.07, 6.45) is 0.676. The van der Waals surface area contributed by atoms with Crippen molar-refractivity contribution in [2.24, 2.45) is 5.73 Å². The Balaban J connectivity index is 1.80. The number of thiophene rings is 1. The minimum atomic E-state index is -0.541. The van der Waals surface area contributed by atoms with Gasteiger partial charge in [0.25, 0.3) is 11.8 Å². The second-order valence-electron chi connectivity index (χ2n) is 6.27. The van der Waals surface area contributed by atoms with Crippen molar-refractivity contribution in [3.8, 4) is 0 Å². The molecule has 0 aliphatic heterocycles. The average Bonchev–Trinajstić information content (AvgIpc) is 2.97. The van der Waals surface area contributed by atoms with Crippen molar-refractivity contribution in [2.45, 2.75) is 13.3 Å². The highest BCUT2D eigenvalue weighted by molar-refractivity contribution is 9.10. The number of carbonyl (C=O) groups excluding carboxylic acids is 2. The van der Waals surface area contributed by atoms with Crippen LogP contribution in [0.2, 0.25) is 0 Å². The van der Waals surface area contributed by atoms with E-state index in [-0.39, 0.29) is 11.0 Å². The van der Waals surface area contributed by atoms with Crippen LogP contribution in [-0.4, -0.2) is 16.9 Å². The zero-order valence-corrected chi connectivity index (χ0v) is 18.7. The fourth-order valence-electron chi connectivity index (χ4n) is 2.85. The molecule has 0 atom stereocenters. The van der Waals surface area contributed by atoms with Gasteiger partial charge in [-0.05, 0) is 58.3 Å². The van der Waals surface area contributed by atoms with E-state index in [2.05, 4.69) is 26.6 Å². The number of anilines is 1. The minimum Gasteiger partial charge on any atom is -0.365 e. The quantitative estimate of drug-likeness (QED) is 0.457. The SMILES string of the molecule is Cc1c(Cc2ccccc2)sc(NC(=S)NC(=O)c2ccccc2Br)c1C(N)=O. The van der Waals surface area contributed by atoms with Gasteiger partial charge in [0, 0.05) is 15.8 Å². The minimum absolute atomic E-state index is 0.0979. The largest absolute Gasteiger partial charge is 0.365 e. The molecule has 1 aromatic heterocycles. The van der Waals surface area contributed by atoms with Crippen LogP contribution in [-0.2, 0) is 6.42 Å². The van der Waals surface area contributed by atoms with Crippen molar-refractivity contribution in [2.75, 3.05) is 5.32 Å². The van der Waals surface area contributed by atoms with Gasteiger partial charge in [-0.3, -0.25) is 14.9 Å². The number of benzene rings is 2. The number of hydrogen-bond donors (Lipinski definition) is 3. The van der Waals surface area contributed by atoms with E-state index in [1.54, 1.807) is 18.2 Å². The summed E-state index contributed by atoms with van der Waals surface area (Å²) in [6.45, 7) is 1.86. The summed E-state index contributed by atoms with van der Waals surface area (Å²) in [4.78, 5) is 25.5. The number of amides is 2. The molecule has 3 aromatic rings. The maximum absolute atomic E-state index is 12.4. The molecule has 0 spiro atoms. The van der Waals surface area contributed by atoms with E-state index in [0.717, 1.165) is 16.0 Å². The normalized spacial score (nSPS) is 10.4. The topological polar surface area (TPSA) is 84.2 Å². The molecule has 0 unspecified atom stereocenters. The first kappa shape index (κ1) is 21.2. The Bertz CT molecular complexity index is 1080. The van der Waals surface area contributed by atoms with Gasteiger partial charge >= 0.3 is 0 Å². The number of nitrogens with one attached hydrogen (secondary N) is 2. The molecule has 0 saturated heterocycles. The third-order valence-electron chi connectivity index (χ3n) is 4.27. The highest BCUT2D eigenvalue weighted by Crippen LogP contribution is 2.34. The molecule has 2 aromatic carbocycles. The second-order valence-corrected chi connectivity index (χ2v) is 8.64. The standard InChI is InChI=1S/C21H18BrN3O2S2/c1-12-16(11-13-7-3-2-4-8-13)29-20(17(12)18(23)26)25-21(28)24-19(27)14-9-5-6-10-15(14)22/h2-10H,11H2,1H3,(H2,23,26)(H2,24,25,27,28). The van der Waals surface area contributed by atoms with E-state index >= 15 is 0 Å². The third kappa shape index (κ3) is 5.09. The van der Waals surface area contributed by atoms with Crippen molar-refractivity contribution >= 4 is 61.4 Å². The third-order valence-corrected chi connectivity index (χ3v) is 6.37. The fourth-order valence-corrected chi connectivity index (χ4v) is 4.82. The van der Waals surface area contributed by atoms with Gasteiger partial charge in [0.1, 0.15) is 5.00 Å². The van der Waals surface area contributed by atoms with Crippen molar-refractivity contribution in [3.63, 3.8) is 0 Å². The lowest BCUT2D eigenvalue weighted by atomic mass is 10.1. The fraction of sp³-hybridized carbons (Fsp3) is 0.0952. The lowest BCUT2D eigenvalue weighted by Crippen LogP contribution is -2.34. The molecule has 1 heterocycles. The van der Waals surface area contributed by atoms with Crippen molar-refractivity contribution in [1.29, 1.82) is 0 Å². The number of halogens is 1. The maximum atomic E-state index is 12.4. The van der Waals surface area contributed by atoms with E-state index in [1.165, 1.54) is 11.3 Å². The smallest absolute Gasteiger partial charge is 0.258 e. The van der Waals surface area contributed by atoms with Crippen LogP contribution >= 0.6 is 39.5 Å². The molecule has 3 rings (SSSR count). The van der Waals surface area contributed by atoms with Crippen LogP contribution in [0.1, 0.15) is 36.7 Å². The van der Waals surface area contributed by atoms with Crippen molar-refractivity contribution < 1.29 is 9.59 Å². The number of primary amides is 1. The molecule has 0 fully saturated rings.